The number of unbranched alkanes of at least 4 members (excludes halogenated alkanes) is 1. The standard InChI is InChI=1S/C11H18ClN5O2/c1-2-7-19-11-16-9(12)15-10(17-11)14-6-4-3-5-8(13)18/h2-7H2,1H3,(H2,13,18)(H,14,15,16,17). The van der Waals surface area contributed by atoms with Crippen LogP contribution < -0.4 is 15.8 Å². The van der Waals surface area contributed by atoms with E-state index in [-0.39, 0.29) is 17.2 Å². The first-order valence-electron chi connectivity index (χ1n) is 6.18. The number of nitrogens with zero attached hydrogens (tertiary/aromatic N) is 3. The number of rotatable bonds is 9. The molecule has 106 valence electrons. The number of ether oxygens (including phenoxy) is 1. The highest BCUT2D eigenvalue weighted by Gasteiger charge is 2.05. The van der Waals surface area contributed by atoms with E-state index in [2.05, 4.69) is 20.3 Å². The Bertz CT molecular complexity index is 416. The maximum absolute atomic E-state index is 10.6. The van der Waals surface area contributed by atoms with Crippen LogP contribution in [0.5, 0.6) is 6.01 Å². The third-order valence-electron chi connectivity index (χ3n) is 2.16. The van der Waals surface area contributed by atoms with Gasteiger partial charge in [0.25, 0.3) is 0 Å². The molecule has 0 saturated carbocycles. The summed E-state index contributed by atoms with van der Waals surface area (Å²) in [4.78, 5) is 22.4. The predicted molar refractivity (Wildman–Crippen MR) is 72.2 cm³/mol. The van der Waals surface area contributed by atoms with Gasteiger partial charge in [0.05, 0.1) is 6.61 Å². The maximum Gasteiger partial charge on any atom is 0.322 e. The number of aromatic nitrogens is 3. The summed E-state index contributed by atoms with van der Waals surface area (Å²) >= 11 is 5.77. The second kappa shape index (κ2) is 8.47. The van der Waals surface area contributed by atoms with Gasteiger partial charge >= 0.3 is 6.01 Å². The number of carbonyl (C=O) groups is 1. The molecule has 19 heavy (non-hydrogen) atoms. The summed E-state index contributed by atoms with van der Waals surface area (Å²) in [5.41, 5.74) is 5.05. The van der Waals surface area contributed by atoms with Crippen molar-refractivity contribution < 1.29 is 9.53 Å². The molecule has 0 fully saturated rings. The molecule has 1 amide bonds. The summed E-state index contributed by atoms with van der Waals surface area (Å²) in [5.74, 6) is 0.0728. The zero-order valence-corrected chi connectivity index (χ0v) is 11.6. The Morgan fingerprint density at radius 1 is 1.37 bits per heavy atom. The molecule has 1 aromatic rings. The molecule has 0 aliphatic heterocycles. The SMILES string of the molecule is CCCOc1nc(Cl)nc(NCCCCC(N)=O)n1. The predicted octanol–water partition coefficient (Wildman–Crippen LogP) is 1.38. The molecule has 0 bridgehead atoms. The molecule has 0 unspecified atom stereocenters. The van der Waals surface area contributed by atoms with Crippen LogP contribution in [-0.4, -0.2) is 34.0 Å². The Kier molecular flexibility index (Phi) is 6.88. The van der Waals surface area contributed by atoms with Crippen LogP contribution in [-0.2, 0) is 4.79 Å². The van der Waals surface area contributed by atoms with Crippen LogP contribution in [0, 0.1) is 0 Å². The molecule has 7 nitrogen and oxygen atoms in total. The number of nitrogens with two attached hydrogens (primary N) is 1. The van der Waals surface area contributed by atoms with E-state index in [4.69, 9.17) is 22.1 Å². The molecule has 3 N–H and O–H groups in total. The Balaban J connectivity index is 2.40. The summed E-state index contributed by atoms with van der Waals surface area (Å²) in [7, 11) is 0. The van der Waals surface area contributed by atoms with Crippen molar-refractivity contribution in [3.05, 3.63) is 5.28 Å². The van der Waals surface area contributed by atoms with Crippen LogP contribution in [0.4, 0.5) is 5.95 Å². The summed E-state index contributed by atoms with van der Waals surface area (Å²) in [6.07, 6.45) is 2.75. The van der Waals surface area contributed by atoms with Crippen molar-refractivity contribution in [2.24, 2.45) is 5.73 Å². The van der Waals surface area contributed by atoms with Gasteiger partial charge in [0, 0.05) is 13.0 Å². The van der Waals surface area contributed by atoms with Gasteiger partial charge in [-0.05, 0) is 30.9 Å². The first kappa shape index (κ1) is 15.4. The lowest BCUT2D eigenvalue weighted by Crippen LogP contribution is -2.12. The fourth-order valence-electron chi connectivity index (χ4n) is 1.29. The minimum atomic E-state index is -0.293. The van der Waals surface area contributed by atoms with Crippen LogP contribution in [0.3, 0.4) is 0 Å². The zero-order chi connectivity index (χ0) is 14.1. The summed E-state index contributed by atoms with van der Waals surface area (Å²) < 4.78 is 5.29. The number of nitrogens with one attached hydrogen (secondary N) is 1. The number of hydrogen-bond acceptors (Lipinski definition) is 6. The minimum Gasteiger partial charge on any atom is -0.463 e. The lowest BCUT2D eigenvalue weighted by molar-refractivity contribution is -0.118. The Morgan fingerprint density at radius 3 is 2.84 bits per heavy atom. The van der Waals surface area contributed by atoms with Crippen molar-refractivity contribution in [1.82, 2.24) is 15.0 Å². The topological polar surface area (TPSA) is 103 Å². The summed E-state index contributed by atoms with van der Waals surface area (Å²) in [5, 5.41) is 3.08. The lowest BCUT2D eigenvalue weighted by Gasteiger charge is -2.07. The molecule has 1 heterocycles. The van der Waals surface area contributed by atoms with Gasteiger partial charge in [-0.1, -0.05) is 6.92 Å². The van der Waals surface area contributed by atoms with Gasteiger partial charge in [0.1, 0.15) is 0 Å². The van der Waals surface area contributed by atoms with Crippen molar-refractivity contribution in [3.63, 3.8) is 0 Å². The molecule has 0 saturated heterocycles. The first-order valence-corrected chi connectivity index (χ1v) is 6.56. The molecule has 0 aromatic carbocycles. The largest absolute Gasteiger partial charge is 0.463 e. The monoisotopic (exact) mass is 287 g/mol. The van der Waals surface area contributed by atoms with E-state index in [1.54, 1.807) is 0 Å². The third-order valence-corrected chi connectivity index (χ3v) is 2.32. The van der Waals surface area contributed by atoms with Gasteiger partial charge in [-0.15, -0.1) is 0 Å². The maximum atomic E-state index is 10.6. The van der Waals surface area contributed by atoms with E-state index in [0.717, 1.165) is 19.3 Å². The molecule has 0 radical (unpaired) electrons. The van der Waals surface area contributed by atoms with Crippen molar-refractivity contribution in [3.8, 4) is 6.01 Å². The van der Waals surface area contributed by atoms with Crippen LogP contribution in [0.2, 0.25) is 5.28 Å². The molecule has 0 atom stereocenters. The summed E-state index contributed by atoms with van der Waals surface area (Å²) in [6.45, 7) is 3.14. The van der Waals surface area contributed by atoms with E-state index >= 15 is 0 Å². The van der Waals surface area contributed by atoms with E-state index in [1.165, 1.54) is 0 Å². The average molecular weight is 288 g/mol. The van der Waals surface area contributed by atoms with Crippen molar-refractivity contribution in [2.75, 3.05) is 18.5 Å². The van der Waals surface area contributed by atoms with Crippen molar-refractivity contribution >= 4 is 23.5 Å². The Labute approximate surface area is 116 Å². The van der Waals surface area contributed by atoms with Gasteiger partial charge in [-0.2, -0.15) is 15.0 Å². The molecule has 0 spiro atoms. The molecular weight excluding hydrogens is 270 g/mol. The fraction of sp³-hybridized carbons (Fsp3) is 0.636. The molecule has 1 aromatic heterocycles. The van der Waals surface area contributed by atoms with Gasteiger partial charge < -0.3 is 15.8 Å². The van der Waals surface area contributed by atoms with E-state index in [9.17, 15) is 4.79 Å². The van der Waals surface area contributed by atoms with Crippen LogP contribution in [0.15, 0.2) is 0 Å². The van der Waals surface area contributed by atoms with Crippen LogP contribution in [0.25, 0.3) is 0 Å². The van der Waals surface area contributed by atoms with Gasteiger partial charge in [0.2, 0.25) is 17.1 Å². The van der Waals surface area contributed by atoms with Crippen LogP contribution in [0.1, 0.15) is 32.6 Å². The second-order valence-electron chi connectivity index (χ2n) is 3.91. The van der Waals surface area contributed by atoms with E-state index in [0.29, 0.717) is 25.5 Å². The molecule has 8 heteroatoms. The number of halogens is 1. The average Bonchev–Trinajstić information content (AvgIpc) is 2.35. The second-order valence-corrected chi connectivity index (χ2v) is 4.25. The molecule has 0 aliphatic rings. The third kappa shape index (κ3) is 6.76. The quantitative estimate of drug-likeness (QED) is 0.665. The van der Waals surface area contributed by atoms with Crippen LogP contribution >= 0.6 is 11.6 Å². The Morgan fingerprint density at radius 2 is 2.16 bits per heavy atom. The number of anilines is 1. The first-order chi connectivity index (χ1) is 9.11. The minimum absolute atomic E-state index is 0.0840. The van der Waals surface area contributed by atoms with Gasteiger partial charge in [-0.25, -0.2) is 0 Å². The Hall–Kier alpha value is -1.63. The van der Waals surface area contributed by atoms with Gasteiger partial charge in [0.15, 0.2) is 0 Å². The van der Waals surface area contributed by atoms with Gasteiger partial charge in [-0.3, -0.25) is 4.79 Å². The molecule has 0 aliphatic carbocycles. The molecular formula is C11H18ClN5O2. The number of primary amides is 1. The highest BCUT2D eigenvalue weighted by atomic mass is 35.5. The smallest absolute Gasteiger partial charge is 0.322 e. The summed E-state index contributed by atoms with van der Waals surface area (Å²) in [6, 6.07) is 0.210. The molecule has 1 rings (SSSR count). The lowest BCUT2D eigenvalue weighted by atomic mass is 10.2. The highest BCUT2D eigenvalue weighted by Crippen LogP contribution is 2.11. The van der Waals surface area contributed by atoms with Crippen molar-refractivity contribution in [2.45, 2.75) is 32.6 Å². The zero-order valence-electron chi connectivity index (χ0n) is 10.9. The number of carbonyl (C=O) groups excluding carboxylic acids is 1. The van der Waals surface area contributed by atoms with E-state index in [1.807, 2.05) is 6.92 Å². The number of hydrogen-bond donors (Lipinski definition) is 2. The van der Waals surface area contributed by atoms with E-state index < -0.39 is 0 Å². The number of amides is 1. The van der Waals surface area contributed by atoms with Crippen molar-refractivity contribution in [1.29, 1.82) is 0 Å². The highest BCUT2D eigenvalue weighted by molar-refractivity contribution is 6.28. The normalized spacial score (nSPS) is 10.2. The fourth-order valence-corrected chi connectivity index (χ4v) is 1.45.